The van der Waals surface area contributed by atoms with Crippen LogP contribution in [0.25, 0.3) is 0 Å². The Morgan fingerprint density at radius 3 is 1.83 bits per heavy atom. The van der Waals surface area contributed by atoms with Crippen molar-refractivity contribution in [1.29, 1.82) is 0 Å². The van der Waals surface area contributed by atoms with Crippen molar-refractivity contribution in [3.63, 3.8) is 0 Å². The van der Waals surface area contributed by atoms with Crippen molar-refractivity contribution in [2.45, 2.75) is 38.8 Å². The number of unbranched alkanes of at least 4 members (excludes halogenated alkanes) is 3. The third-order valence-corrected chi connectivity index (χ3v) is 4.06. The highest BCUT2D eigenvalue weighted by Gasteiger charge is 2.05. The van der Waals surface area contributed by atoms with Crippen molar-refractivity contribution in [2.75, 3.05) is 13.2 Å². The van der Waals surface area contributed by atoms with Gasteiger partial charge >= 0.3 is 0 Å². The molecule has 0 saturated heterocycles. The molecule has 2 aromatic rings. The molecule has 0 heterocycles. The van der Waals surface area contributed by atoms with Crippen molar-refractivity contribution in [3.05, 3.63) is 83.9 Å². The van der Waals surface area contributed by atoms with Crippen LogP contribution in [0.1, 0.15) is 36.8 Å². The minimum absolute atomic E-state index is 0.311. The van der Waals surface area contributed by atoms with E-state index >= 15 is 0 Å². The second kappa shape index (κ2) is 11.6. The summed E-state index contributed by atoms with van der Waals surface area (Å²) in [7, 11) is 0. The number of allylic oxidation sites excluding steroid dienone is 1. The molecule has 0 atom stereocenters. The Kier molecular flexibility index (Phi) is 8.92. The van der Waals surface area contributed by atoms with Crippen LogP contribution in [0.4, 0.5) is 0 Å². The summed E-state index contributed by atoms with van der Waals surface area (Å²) in [4.78, 5) is 2.47. The summed E-state index contributed by atoms with van der Waals surface area (Å²) in [5.74, 6) is 0. The van der Waals surface area contributed by atoms with Crippen LogP contribution in [0.2, 0.25) is 0 Å². The maximum Gasteiger partial charge on any atom is 0.0431 e. The Bertz CT molecular complexity index is 524. The Hall–Kier alpha value is -1.90. The standard InChI is InChI=1S/C22H29NO/c24-18-12-4-2-1-3-11-17-23(19-21-13-7-5-8-14-21)20-22-15-9-6-10-16-22/h3,5-11,13-16,24H,1-2,4,12,17-20H2/b11-3+. The highest BCUT2D eigenvalue weighted by Crippen LogP contribution is 2.10. The minimum atomic E-state index is 0.311. The molecule has 0 fully saturated rings. The van der Waals surface area contributed by atoms with E-state index in [9.17, 15) is 0 Å². The fourth-order valence-electron chi connectivity index (χ4n) is 2.76. The first kappa shape index (κ1) is 18.4. The number of aliphatic hydroxyl groups is 1. The van der Waals surface area contributed by atoms with Gasteiger partial charge in [-0.15, -0.1) is 0 Å². The zero-order valence-corrected chi connectivity index (χ0v) is 14.5. The first-order valence-corrected chi connectivity index (χ1v) is 8.94. The molecule has 1 N–H and O–H groups in total. The zero-order chi connectivity index (χ0) is 16.9. The lowest BCUT2D eigenvalue weighted by atomic mass is 10.1. The fourth-order valence-corrected chi connectivity index (χ4v) is 2.76. The van der Waals surface area contributed by atoms with Gasteiger partial charge in [-0.2, -0.15) is 0 Å². The molecular formula is C22H29NO. The van der Waals surface area contributed by atoms with E-state index in [1.165, 1.54) is 11.1 Å². The van der Waals surface area contributed by atoms with Gasteiger partial charge < -0.3 is 5.11 Å². The van der Waals surface area contributed by atoms with Crippen LogP contribution in [-0.2, 0) is 13.1 Å². The molecule has 0 aromatic heterocycles. The summed E-state index contributed by atoms with van der Waals surface area (Å²) in [6.07, 6.45) is 8.85. The molecule has 0 spiro atoms. The largest absolute Gasteiger partial charge is 0.396 e. The smallest absolute Gasteiger partial charge is 0.0431 e. The minimum Gasteiger partial charge on any atom is -0.396 e. The SMILES string of the molecule is OCCCCC/C=C/CN(Cc1ccccc1)Cc1ccccc1. The third-order valence-electron chi connectivity index (χ3n) is 4.06. The van der Waals surface area contributed by atoms with Gasteiger partial charge in [0.25, 0.3) is 0 Å². The van der Waals surface area contributed by atoms with E-state index in [0.717, 1.165) is 45.3 Å². The second-order valence-corrected chi connectivity index (χ2v) is 6.19. The van der Waals surface area contributed by atoms with E-state index in [0.29, 0.717) is 6.61 Å². The molecule has 0 aliphatic rings. The molecule has 2 heteroatoms. The molecule has 0 radical (unpaired) electrons. The number of aliphatic hydroxyl groups excluding tert-OH is 1. The second-order valence-electron chi connectivity index (χ2n) is 6.19. The molecule has 2 nitrogen and oxygen atoms in total. The van der Waals surface area contributed by atoms with Crippen LogP contribution in [0.15, 0.2) is 72.8 Å². The molecule has 0 amide bonds. The van der Waals surface area contributed by atoms with Gasteiger partial charge in [0.2, 0.25) is 0 Å². The molecule has 2 aromatic carbocycles. The maximum absolute atomic E-state index is 8.80. The highest BCUT2D eigenvalue weighted by molar-refractivity contribution is 5.17. The van der Waals surface area contributed by atoms with Gasteiger partial charge in [0, 0.05) is 26.2 Å². The van der Waals surface area contributed by atoms with Crippen LogP contribution < -0.4 is 0 Å². The normalized spacial score (nSPS) is 11.4. The maximum atomic E-state index is 8.80. The van der Waals surface area contributed by atoms with Crippen LogP contribution in [0.5, 0.6) is 0 Å². The molecule has 128 valence electrons. The summed E-state index contributed by atoms with van der Waals surface area (Å²) in [5, 5.41) is 8.80. The fraction of sp³-hybridized carbons (Fsp3) is 0.364. The first-order valence-electron chi connectivity index (χ1n) is 8.94. The van der Waals surface area contributed by atoms with Gasteiger partial charge in [0.05, 0.1) is 0 Å². The Morgan fingerprint density at radius 1 is 0.708 bits per heavy atom. The summed E-state index contributed by atoms with van der Waals surface area (Å²) < 4.78 is 0. The average molecular weight is 323 g/mol. The number of hydrogen-bond donors (Lipinski definition) is 1. The number of rotatable bonds is 11. The van der Waals surface area contributed by atoms with Crippen molar-refractivity contribution in [1.82, 2.24) is 4.90 Å². The summed E-state index contributed by atoms with van der Waals surface area (Å²) in [6.45, 7) is 3.20. The van der Waals surface area contributed by atoms with E-state index in [1.54, 1.807) is 0 Å². The number of nitrogens with zero attached hydrogens (tertiary/aromatic N) is 1. The topological polar surface area (TPSA) is 23.5 Å². The summed E-state index contributed by atoms with van der Waals surface area (Å²) in [5.41, 5.74) is 2.70. The summed E-state index contributed by atoms with van der Waals surface area (Å²) >= 11 is 0. The van der Waals surface area contributed by atoms with Crippen LogP contribution in [-0.4, -0.2) is 23.2 Å². The predicted octanol–water partition coefficient (Wildman–Crippen LogP) is 4.80. The quantitative estimate of drug-likeness (QED) is 0.474. The molecule has 0 bridgehead atoms. The lowest BCUT2D eigenvalue weighted by molar-refractivity contribution is 0.283. The average Bonchev–Trinajstić information content (AvgIpc) is 2.62. The number of benzene rings is 2. The zero-order valence-electron chi connectivity index (χ0n) is 14.5. The van der Waals surface area contributed by atoms with Gasteiger partial charge in [-0.25, -0.2) is 0 Å². The molecule has 0 aliphatic heterocycles. The van der Waals surface area contributed by atoms with E-state index in [1.807, 2.05) is 0 Å². The third kappa shape index (κ3) is 7.58. The number of hydrogen-bond acceptors (Lipinski definition) is 2. The van der Waals surface area contributed by atoms with Gasteiger partial charge in [-0.1, -0.05) is 79.2 Å². The first-order chi connectivity index (χ1) is 11.9. The lowest BCUT2D eigenvalue weighted by Crippen LogP contribution is -2.22. The Morgan fingerprint density at radius 2 is 1.29 bits per heavy atom. The van der Waals surface area contributed by atoms with Gasteiger partial charge in [0.1, 0.15) is 0 Å². The van der Waals surface area contributed by atoms with E-state index < -0.39 is 0 Å². The van der Waals surface area contributed by atoms with Crippen molar-refractivity contribution < 1.29 is 5.11 Å². The van der Waals surface area contributed by atoms with Crippen molar-refractivity contribution in [3.8, 4) is 0 Å². The predicted molar refractivity (Wildman–Crippen MR) is 102 cm³/mol. The van der Waals surface area contributed by atoms with E-state index in [-0.39, 0.29) is 0 Å². The van der Waals surface area contributed by atoms with Gasteiger partial charge in [0.15, 0.2) is 0 Å². The van der Waals surface area contributed by atoms with E-state index in [4.69, 9.17) is 5.11 Å². The van der Waals surface area contributed by atoms with Gasteiger partial charge in [-0.05, 0) is 30.4 Å². The molecule has 2 rings (SSSR count). The highest BCUT2D eigenvalue weighted by atomic mass is 16.2. The molecular weight excluding hydrogens is 294 g/mol. The lowest BCUT2D eigenvalue weighted by Gasteiger charge is -2.21. The monoisotopic (exact) mass is 323 g/mol. The van der Waals surface area contributed by atoms with Crippen LogP contribution in [0, 0.1) is 0 Å². The van der Waals surface area contributed by atoms with Crippen molar-refractivity contribution in [2.24, 2.45) is 0 Å². The van der Waals surface area contributed by atoms with Crippen molar-refractivity contribution >= 4 is 0 Å². The molecule has 0 aliphatic carbocycles. The van der Waals surface area contributed by atoms with Gasteiger partial charge in [-0.3, -0.25) is 4.90 Å². The molecule has 24 heavy (non-hydrogen) atoms. The Balaban J connectivity index is 1.86. The molecule has 0 unspecified atom stereocenters. The Labute approximate surface area is 146 Å². The van der Waals surface area contributed by atoms with Crippen LogP contribution in [0.3, 0.4) is 0 Å². The van der Waals surface area contributed by atoms with Crippen LogP contribution >= 0.6 is 0 Å². The van der Waals surface area contributed by atoms with E-state index in [2.05, 4.69) is 77.7 Å². The summed E-state index contributed by atoms with van der Waals surface area (Å²) in [6, 6.07) is 21.3. The molecule has 0 saturated carbocycles.